The Kier molecular flexibility index (Phi) is 5.27. The van der Waals surface area contributed by atoms with Crippen molar-refractivity contribution in [2.24, 2.45) is 0 Å². The second kappa shape index (κ2) is 8.03. The smallest absolute Gasteiger partial charge is 0.290 e. The first-order valence-electron chi connectivity index (χ1n) is 9.68. The van der Waals surface area contributed by atoms with Gasteiger partial charge in [0.1, 0.15) is 11.6 Å². The summed E-state index contributed by atoms with van der Waals surface area (Å²) in [6, 6.07) is 20.4. The van der Waals surface area contributed by atoms with Crippen molar-refractivity contribution in [2.75, 3.05) is 7.11 Å². The minimum Gasteiger partial charge on any atom is -0.503 e. The van der Waals surface area contributed by atoms with Gasteiger partial charge in [0.15, 0.2) is 5.76 Å². The zero-order valence-electron chi connectivity index (χ0n) is 16.8. The Morgan fingerprint density at radius 2 is 1.67 bits per heavy atom. The molecule has 0 bridgehead atoms. The van der Waals surface area contributed by atoms with E-state index in [4.69, 9.17) is 4.74 Å². The van der Waals surface area contributed by atoms with Crippen molar-refractivity contribution in [2.45, 2.75) is 19.5 Å². The van der Waals surface area contributed by atoms with Gasteiger partial charge >= 0.3 is 0 Å². The average molecular weight is 403 g/mol. The van der Waals surface area contributed by atoms with Crippen LogP contribution in [0.2, 0.25) is 0 Å². The Morgan fingerprint density at radius 1 is 1.00 bits per heavy atom. The van der Waals surface area contributed by atoms with Crippen LogP contribution < -0.4 is 4.74 Å². The number of carbonyl (C=O) groups excluding carboxylic acids is 1. The van der Waals surface area contributed by atoms with Gasteiger partial charge in [-0.2, -0.15) is 0 Å². The van der Waals surface area contributed by atoms with Gasteiger partial charge in [0.05, 0.1) is 19.7 Å². The molecule has 1 N–H and O–H groups in total. The predicted octanol–water partition coefficient (Wildman–Crippen LogP) is 5.20. The zero-order valence-corrected chi connectivity index (χ0v) is 16.8. The Morgan fingerprint density at radius 3 is 2.37 bits per heavy atom. The van der Waals surface area contributed by atoms with Crippen molar-refractivity contribution in [1.29, 1.82) is 0 Å². The van der Waals surface area contributed by atoms with Gasteiger partial charge < -0.3 is 14.7 Å². The molecule has 0 aromatic heterocycles. The second-order valence-electron chi connectivity index (χ2n) is 7.30. The van der Waals surface area contributed by atoms with Crippen molar-refractivity contribution >= 4 is 11.5 Å². The molecule has 5 heteroatoms. The summed E-state index contributed by atoms with van der Waals surface area (Å²) in [5.74, 6) is -0.702. The largest absolute Gasteiger partial charge is 0.503 e. The SMILES string of the molecule is COc1ccccc1CN1C(=O)C(O)=C(c2ccc(C)cc2)C1c1ccccc1F. The highest BCUT2D eigenvalue weighted by molar-refractivity contribution is 6.05. The van der Waals surface area contributed by atoms with Gasteiger partial charge in [0.25, 0.3) is 5.91 Å². The minimum atomic E-state index is -0.758. The molecule has 1 atom stereocenters. The summed E-state index contributed by atoms with van der Waals surface area (Å²) in [7, 11) is 1.56. The number of benzene rings is 3. The molecule has 1 heterocycles. The first kappa shape index (κ1) is 19.7. The fourth-order valence-electron chi connectivity index (χ4n) is 3.88. The molecule has 1 aliphatic heterocycles. The molecular weight excluding hydrogens is 381 g/mol. The third-order valence-corrected chi connectivity index (χ3v) is 5.40. The lowest BCUT2D eigenvalue weighted by Crippen LogP contribution is -2.30. The maximum atomic E-state index is 14.8. The molecule has 3 aromatic rings. The summed E-state index contributed by atoms with van der Waals surface area (Å²) in [5.41, 5.74) is 3.24. The quantitative estimate of drug-likeness (QED) is 0.637. The molecule has 0 aliphatic carbocycles. The van der Waals surface area contributed by atoms with Crippen LogP contribution >= 0.6 is 0 Å². The predicted molar refractivity (Wildman–Crippen MR) is 113 cm³/mol. The average Bonchev–Trinajstić information content (AvgIpc) is 3.00. The van der Waals surface area contributed by atoms with E-state index in [-0.39, 0.29) is 12.3 Å². The topological polar surface area (TPSA) is 49.8 Å². The number of carbonyl (C=O) groups is 1. The summed E-state index contributed by atoms with van der Waals surface area (Å²) in [6.07, 6.45) is 0. The number of ether oxygens (including phenoxy) is 1. The number of hydrogen-bond acceptors (Lipinski definition) is 3. The molecule has 4 nitrogen and oxygen atoms in total. The van der Waals surface area contributed by atoms with Crippen molar-refractivity contribution < 1.29 is 19.0 Å². The molecule has 3 aromatic carbocycles. The normalized spacial score (nSPS) is 16.3. The number of para-hydroxylation sites is 1. The molecule has 1 amide bonds. The van der Waals surface area contributed by atoms with Crippen LogP contribution in [0, 0.1) is 12.7 Å². The van der Waals surface area contributed by atoms with Crippen LogP contribution in [0.5, 0.6) is 5.75 Å². The summed E-state index contributed by atoms with van der Waals surface area (Å²) in [4.78, 5) is 14.6. The number of aliphatic hydroxyl groups excluding tert-OH is 1. The van der Waals surface area contributed by atoms with E-state index in [1.54, 1.807) is 25.3 Å². The van der Waals surface area contributed by atoms with E-state index in [1.165, 1.54) is 11.0 Å². The lowest BCUT2D eigenvalue weighted by atomic mass is 9.92. The van der Waals surface area contributed by atoms with Crippen LogP contribution in [-0.4, -0.2) is 23.0 Å². The molecule has 0 radical (unpaired) electrons. The molecule has 0 saturated heterocycles. The molecule has 0 spiro atoms. The first-order valence-corrected chi connectivity index (χ1v) is 9.68. The van der Waals surface area contributed by atoms with Crippen molar-refractivity contribution in [1.82, 2.24) is 4.90 Å². The molecule has 30 heavy (non-hydrogen) atoms. The third-order valence-electron chi connectivity index (χ3n) is 5.40. The van der Waals surface area contributed by atoms with E-state index in [1.807, 2.05) is 55.5 Å². The van der Waals surface area contributed by atoms with Crippen molar-refractivity contribution in [3.63, 3.8) is 0 Å². The highest BCUT2D eigenvalue weighted by Gasteiger charge is 2.42. The highest BCUT2D eigenvalue weighted by atomic mass is 19.1. The van der Waals surface area contributed by atoms with Crippen LogP contribution in [-0.2, 0) is 11.3 Å². The van der Waals surface area contributed by atoms with Gasteiger partial charge in [0.2, 0.25) is 0 Å². The van der Waals surface area contributed by atoms with Crippen LogP contribution in [0.4, 0.5) is 4.39 Å². The van der Waals surface area contributed by atoms with Gasteiger partial charge in [-0.3, -0.25) is 4.79 Å². The van der Waals surface area contributed by atoms with Crippen molar-refractivity contribution in [3.8, 4) is 5.75 Å². The number of aliphatic hydroxyl groups is 1. The third kappa shape index (κ3) is 3.43. The Balaban J connectivity index is 1.85. The number of halogens is 1. The highest BCUT2D eigenvalue weighted by Crippen LogP contribution is 2.44. The molecule has 0 saturated carbocycles. The van der Waals surface area contributed by atoms with Gasteiger partial charge in [-0.1, -0.05) is 66.2 Å². The molecule has 152 valence electrons. The molecular formula is C25H22FNO3. The van der Waals surface area contributed by atoms with Crippen LogP contribution in [0.1, 0.15) is 28.3 Å². The zero-order chi connectivity index (χ0) is 21.3. The van der Waals surface area contributed by atoms with E-state index in [9.17, 15) is 14.3 Å². The van der Waals surface area contributed by atoms with Crippen LogP contribution in [0.15, 0.2) is 78.6 Å². The van der Waals surface area contributed by atoms with E-state index >= 15 is 0 Å². The number of hydrogen-bond donors (Lipinski definition) is 1. The standard InChI is InChI=1S/C25H22FNO3/c1-16-11-13-17(14-12-16)22-23(19-8-4-5-9-20(19)26)27(25(29)24(22)28)15-18-7-3-6-10-21(18)30-2/h3-14,23,28H,15H2,1-2H3. The number of methoxy groups -OCH3 is 1. The monoisotopic (exact) mass is 403 g/mol. The molecule has 1 aliphatic rings. The number of aryl methyl sites for hydroxylation is 1. The van der Waals surface area contributed by atoms with E-state index < -0.39 is 17.8 Å². The summed E-state index contributed by atoms with van der Waals surface area (Å²) in [6.45, 7) is 2.13. The molecule has 0 fully saturated rings. The van der Waals surface area contributed by atoms with Crippen LogP contribution in [0.3, 0.4) is 0 Å². The summed E-state index contributed by atoms with van der Waals surface area (Å²) >= 11 is 0. The Bertz CT molecular complexity index is 1120. The lowest BCUT2D eigenvalue weighted by molar-refractivity contribution is -0.130. The lowest BCUT2D eigenvalue weighted by Gasteiger charge is -2.28. The van der Waals surface area contributed by atoms with Gasteiger partial charge in [0, 0.05) is 16.7 Å². The summed E-state index contributed by atoms with van der Waals surface area (Å²) in [5, 5.41) is 10.8. The second-order valence-corrected chi connectivity index (χ2v) is 7.30. The number of amides is 1. The van der Waals surface area contributed by atoms with Gasteiger partial charge in [-0.15, -0.1) is 0 Å². The maximum absolute atomic E-state index is 14.8. The maximum Gasteiger partial charge on any atom is 0.290 e. The molecule has 1 unspecified atom stereocenters. The van der Waals surface area contributed by atoms with Crippen molar-refractivity contribution in [3.05, 3.63) is 107 Å². The Labute approximate surface area is 174 Å². The van der Waals surface area contributed by atoms with E-state index in [0.717, 1.165) is 11.1 Å². The van der Waals surface area contributed by atoms with Gasteiger partial charge in [-0.05, 0) is 24.6 Å². The fourth-order valence-corrected chi connectivity index (χ4v) is 3.88. The van der Waals surface area contributed by atoms with Gasteiger partial charge in [-0.25, -0.2) is 4.39 Å². The number of rotatable bonds is 5. The summed E-state index contributed by atoms with van der Waals surface area (Å²) < 4.78 is 20.3. The minimum absolute atomic E-state index is 0.168. The van der Waals surface area contributed by atoms with E-state index in [0.29, 0.717) is 22.4 Å². The first-order chi connectivity index (χ1) is 14.5. The fraction of sp³-hybridized carbons (Fsp3) is 0.160. The van der Waals surface area contributed by atoms with E-state index in [2.05, 4.69) is 0 Å². The Hall–Kier alpha value is -3.60. The van der Waals surface area contributed by atoms with Crippen LogP contribution in [0.25, 0.3) is 5.57 Å². The number of nitrogens with zero attached hydrogens (tertiary/aromatic N) is 1. The molecule has 4 rings (SSSR count).